The first-order chi connectivity index (χ1) is 12.3. The molecule has 0 bridgehead atoms. The lowest BCUT2D eigenvalue weighted by Gasteiger charge is -2.19. The fourth-order valence-corrected chi connectivity index (χ4v) is 3.07. The minimum Gasteiger partial charge on any atom is -0.326 e. The number of benzene rings is 2. The molecule has 2 aromatic carbocycles. The smallest absolute Gasteiger partial charge is 0.271 e. The molecule has 7 heteroatoms. The molecule has 134 valence electrons. The lowest BCUT2D eigenvalue weighted by molar-refractivity contribution is -0.384. The first-order valence-corrected chi connectivity index (χ1v) is 8.28. The van der Waals surface area contributed by atoms with Gasteiger partial charge in [-0.1, -0.05) is 18.2 Å². The van der Waals surface area contributed by atoms with Crippen molar-refractivity contribution in [3.8, 4) is 0 Å². The highest BCUT2D eigenvalue weighted by atomic mass is 16.6. The monoisotopic (exact) mass is 353 g/mol. The molecule has 3 rings (SSSR count). The number of rotatable bonds is 4. The van der Waals surface area contributed by atoms with Gasteiger partial charge in [0.05, 0.1) is 10.8 Å². The van der Waals surface area contributed by atoms with Crippen molar-refractivity contribution in [1.29, 1.82) is 0 Å². The van der Waals surface area contributed by atoms with Gasteiger partial charge in [0.2, 0.25) is 11.8 Å². The summed E-state index contributed by atoms with van der Waals surface area (Å²) in [4.78, 5) is 36.9. The Balaban J connectivity index is 1.74. The Morgan fingerprint density at radius 3 is 2.73 bits per heavy atom. The van der Waals surface area contributed by atoms with Crippen molar-refractivity contribution in [3.63, 3.8) is 0 Å². The second-order valence-electron chi connectivity index (χ2n) is 6.49. The van der Waals surface area contributed by atoms with Crippen LogP contribution in [-0.4, -0.2) is 23.3 Å². The SMILES string of the molecule is Cc1ccc(C)c(N2CC(C(=O)Nc3cccc([N+](=O)[O-])c3)CC2=O)c1. The summed E-state index contributed by atoms with van der Waals surface area (Å²) in [6.45, 7) is 4.18. The van der Waals surface area contributed by atoms with E-state index >= 15 is 0 Å². The van der Waals surface area contributed by atoms with Gasteiger partial charge in [0.25, 0.3) is 5.69 Å². The highest BCUT2D eigenvalue weighted by molar-refractivity contribution is 6.04. The van der Waals surface area contributed by atoms with Crippen molar-refractivity contribution in [2.24, 2.45) is 5.92 Å². The van der Waals surface area contributed by atoms with E-state index in [0.717, 1.165) is 16.8 Å². The summed E-state index contributed by atoms with van der Waals surface area (Å²) in [5, 5.41) is 13.5. The largest absolute Gasteiger partial charge is 0.326 e. The van der Waals surface area contributed by atoms with Crippen LogP contribution >= 0.6 is 0 Å². The summed E-state index contributed by atoms with van der Waals surface area (Å²) >= 11 is 0. The van der Waals surface area contributed by atoms with Crippen LogP contribution in [0.4, 0.5) is 17.1 Å². The lowest BCUT2D eigenvalue weighted by atomic mass is 10.1. The van der Waals surface area contributed by atoms with Gasteiger partial charge in [-0.15, -0.1) is 0 Å². The van der Waals surface area contributed by atoms with Gasteiger partial charge in [0.15, 0.2) is 0 Å². The highest BCUT2D eigenvalue weighted by Crippen LogP contribution is 2.29. The predicted molar refractivity (Wildman–Crippen MR) is 98.1 cm³/mol. The van der Waals surface area contributed by atoms with Crippen LogP contribution in [-0.2, 0) is 9.59 Å². The molecule has 1 N–H and O–H groups in total. The average molecular weight is 353 g/mol. The molecule has 26 heavy (non-hydrogen) atoms. The van der Waals surface area contributed by atoms with Crippen molar-refractivity contribution in [3.05, 3.63) is 63.7 Å². The van der Waals surface area contributed by atoms with Crippen molar-refractivity contribution >= 4 is 28.9 Å². The zero-order chi connectivity index (χ0) is 18.8. The number of carbonyl (C=O) groups is 2. The molecule has 1 saturated heterocycles. The third kappa shape index (κ3) is 3.56. The number of nitro benzene ring substituents is 1. The van der Waals surface area contributed by atoms with Crippen LogP contribution in [0.25, 0.3) is 0 Å². The number of amides is 2. The van der Waals surface area contributed by atoms with E-state index in [2.05, 4.69) is 5.32 Å². The molecule has 1 aliphatic rings. The Labute approximate surface area is 150 Å². The van der Waals surface area contributed by atoms with E-state index in [1.54, 1.807) is 11.0 Å². The first kappa shape index (κ1) is 17.6. The van der Waals surface area contributed by atoms with Crippen LogP contribution in [0.2, 0.25) is 0 Å². The Morgan fingerprint density at radius 1 is 1.23 bits per heavy atom. The third-order valence-electron chi connectivity index (χ3n) is 4.48. The molecule has 0 aromatic heterocycles. The van der Waals surface area contributed by atoms with Gasteiger partial charge in [-0.2, -0.15) is 0 Å². The molecule has 2 aromatic rings. The average Bonchev–Trinajstić information content (AvgIpc) is 2.99. The van der Waals surface area contributed by atoms with E-state index < -0.39 is 10.8 Å². The van der Waals surface area contributed by atoms with Crippen LogP contribution in [0.5, 0.6) is 0 Å². The Bertz CT molecular complexity index is 894. The third-order valence-corrected chi connectivity index (χ3v) is 4.48. The molecule has 1 heterocycles. The quantitative estimate of drug-likeness (QED) is 0.675. The summed E-state index contributed by atoms with van der Waals surface area (Å²) in [5.41, 5.74) is 3.09. The van der Waals surface area contributed by atoms with Crippen molar-refractivity contribution < 1.29 is 14.5 Å². The first-order valence-electron chi connectivity index (χ1n) is 8.28. The van der Waals surface area contributed by atoms with Gasteiger partial charge in [-0.05, 0) is 37.1 Å². The summed E-state index contributed by atoms with van der Waals surface area (Å²) in [7, 11) is 0. The topological polar surface area (TPSA) is 92.6 Å². The molecule has 2 amide bonds. The maximum Gasteiger partial charge on any atom is 0.271 e. The fraction of sp³-hybridized carbons (Fsp3) is 0.263. The zero-order valence-electron chi connectivity index (χ0n) is 14.6. The van der Waals surface area contributed by atoms with E-state index in [1.807, 2.05) is 32.0 Å². The van der Waals surface area contributed by atoms with Gasteiger partial charge in [0, 0.05) is 36.5 Å². The minimum atomic E-state index is -0.517. The molecule has 7 nitrogen and oxygen atoms in total. The van der Waals surface area contributed by atoms with Gasteiger partial charge < -0.3 is 10.2 Å². The number of nitrogens with zero attached hydrogens (tertiary/aromatic N) is 2. The predicted octanol–water partition coefficient (Wildman–Crippen LogP) is 3.20. The molecule has 1 fully saturated rings. The highest BCUT2D eigenvalue weighted by Gasteiger charge is 2.35. The Kier molecular flexibility index (Phi) is 4.71. The van der Waals surface area contributed by atoms with Crippen LogP contribution in [0.15, 0.2) is 42.5 Å². The molecule has 1 atom stereocenters. The minimum absolute atomic E-state index is 0.0951. The van der Waals surface area contributed by atoms with E-state index in [1.165, 1.54) is 18.2 Å². The fourth-order valence-electron chi connectivity index (χ4n) is 3.07. The standard InChI is InChI=1S/C19H19N3O4/c1-12-6-7-13(2)17(8-12)21-11-14(9-18(21)23)19(24)20-15-4-3-5-16(10-15)22(25)26/h3-8,10,14H,9,11H2,1-2H3,(H,20,24). The van der Waals surface area contributed by atoms with Crippen LogP contribution in [0, 0.1) is 29.9 Å². The van der Waals surface area contributed by atoms with Crippen LogP contribution in [0.1, 0.15) is 17.5 Å². The molecule has 0 saturated carbocycles. The molecule has 1 aliphatic heterocycles. The number of hydrogen-bond donors (Lipinski definition) is 1. The molecular formula is C19H19N3O4. The summed E-state index contributed by atoms with van der Waals surface area (Å²) in [6, 6.07) is 11.6. The molecule has 0 aliphatic carbocycles. The summed E-state index contributed by atoms with van der Waals surface area (Å²) in [6.07, 6.45) is 0.119. The number of carbonyl (C=O) groups excluding carboxylic acids is 2. The Hall–Kier alpha value is -3.22. The van der Waals surface area contributed by atoms with Crippen molar-refractivity contribution in [2.45, 2.75) is 20.3 Å². The summed E-state index contributed by atoms with van der Waals surface area (Å²) in [5.74, 6) is -0.911. The second kappa shape index (κ2) is 6.95. The lowest BCUT2D eigenvalue weighted by Crippen LogP contribution is -2.28. The van der Waals surface area contributed by atoms with Crippen molar-refractivity contribution in [2.75, 3.05) is 16.8 Å². The molecular weight excluding hydrogens is 334 g/mol. The van der Waals surface area contributed by atoms with E-state index in [4.69, 9.17) is 0 Å². The number of anilines is 2. The van der Waals surface area contributed by atoms with E-state index in [-0.39, 0.29) is 23.9 Å². The molecule has 0 radical (unpaired) electrons. The number of hydrogen-bond acceptors (Lipinski definition) is 4. The zero-order valence-corrected chi connectivity index (χ0v) is 14.6. The van der Waals surface area contributed by atoms with E-state index in [9.17, 15) is 19.7 Å². The summed E-state index contributed by atoms with van der Waals surface area (Å²) < 4.78 is 0. The van der Waals surface area contributed by atoms with Gasteiger partial charge >= 0.3 is 0 Å². The van der Waals surface area contributed by atoms with Gasteiger partial charge in [-0.3, -0.25) is 19.7 Å². The maximum atomic E-state index is 12.5. The molecule has 1 unspecified atom stereocenters. The van der Waals surface area contributed by atoms with Gasteiger partial charge in [-0.25, -0.2) is 0 Å². The van der Waals surface area contributed by atoms with Crippen LogP contribution < -0.4 is 10.2 Å². The number of nitrogens with one attached hydrogen (secondary N) is 1. The van der Waals surface area contributed by atoms with E-state index in [0.29, 0.717) is 12.2 Å². The number of nitro groups is 1. The molecule has 0 spiro atoms. The van der Waals surface area contributed by atoms with Crippen molar-refractivity contribution in [1.82, 2.24) is 0 Å². The Morgan fingerprint density at radius 2 is 2.00 bits per heavy atom. The van der Waals surface area contributed by atoms with Crippen LogP contribution in [0.3, 0.4) is 0 Å². The number of aryl methyl sites for hydroxylation is 2. The maximum absolute atomic E-state index is 12.5. The normalized spacial score (nSPS) is 16.6. The van der Waals surface area contributed by atoms with Gasteiger partial charge in [0.1, 0.15) is 0 Å². The second-order valence-corrected chi connectivity index (χ2v) is 6.49. The number of non-ortho nitro benzene ring substituents is 1.